The molecule has 0 saturated heterocycles. The van der Waals surface area contributed by atoms with Crippen LogP contribution in [-0.4, -0.2) is 18.4 Å². The number of carbonyl (C=O) groups is 2. The largest absolute Gasteiger partial charge is 0.465 e. The molecule has 0 amide bonds. The standard InChI is InChI=1S/C15H26O3/c1-6-18-13(17)15(4,5)12(16)11-7-9-14(2,3)10-8-11/h11H,6-10H2,1-5H3. The highest BCUT2D eigenvalue weighted by atomic mass is 16.5. The van der Waals surface area contributed by atoms with Crippen molar-refractivity contribution in [2.45, 2.75) is 60.3 Å². The van der Waals surface area contributed by atoms with Gasteiger partial charge in [0, 0.05) is 5.92 Å². The predicted molar refractivity (Wildman–Crippen MR) is 71.2 cm³/mol. The van der Waals surface area contributed by atoms with Crippen molar-refractivity contribution in [3.63, 3.8) is 0 Å². The van der Waals surface area contributed by atoms with Gasteiger partial charge in [0.25, 0.3) is 0 Å². The lowest BCUT2D eigenvalue weighted by Gasteiger charge is -2.36. The van der Waals surface area contributed by atoms with Crippen LogP contribution in [0, 0.1) is 16.7 Å². The summed E-state index contributed by atoms with van der Waals surface area (Å²) in [4.78, 5) is 24.3. The molecule has 18 heavy (non-hydrogen) atoms. The first-order chi connectivity index (χ1) is 8.20. The summed E-state index contributed by atoms with van der Waals surface area (Å²) in [5.74, 6) is -0.311. The van der Waals surface area contributed by atoms with Gasteiger partial charge in [0.05, 0.1) is 6.61 Å². The average Bonchev–Trinajstić information content (AvgIpc) is 2.28. The van der Waals surface area contributed by atoms with E-state index in [0.29, 0.717) is 12.0 Å². The maximum Gasteiger partial charge on any atom is 0.319 e. The number of ketones is 1. The molecular formula is C15H26O3. The molecule has 0 bridgehead atoms. The Balaban J connectivity index is 2.67. The molecule has 1 aliphatic carbocycles. The SMILES string of the molecule is CCOC(=O)C(C)(C)C(=O)C1CCC(C)(C)CC1. The second kappa shape index (κ2) is 5.41. The minimum Gasteiger partial charge on any atom is -0.465 e. The van der Waals surface area contributed by atoms with Gasteiger partial charge in [-0.15, -0.1) is 0 Å². The summed E-state index contributed by atoms with van der Waals surface area (Å²) in [5.41, 5.74) is -0.660. The molecular weight excluding hydrogens is 228 g/mol. The van der Waals surface area contributed by atoms with E-state index in [4.69, 9.17) is 4.74 Å². The average molecular weight is 254 g/mol. The van der Waals surface area contributed by atoms with E-state index in [0.717, 1.165) is 25.7 Å². The molecule has 1 saturated carbocycles. The van der Waals surface area contributed by atoms with E-state index in [-0.39, 0.29) is 17.7 Å². The maximum atomic E-state index is 12.4. The van der Waals surface area contributed by atoms with Gasteiger partial charge in [-0.3, -0.25) is 9.59 Å². The highest BCUT2D eigenvalue weighted by Crippen LogP contribution is 2.40. The molecule has 1 fully saturated rings. The quantitative estimate of drug-likeness (QED) is 0.570. The zero-order chi connectivity index (χ0) is 14.0. The van der Waals surface area contributed by atoms with Gasteiger partial charge in [-0.25, -0.2) is 0 Å². The molecule has 0 aromatic rings. The van der Waals surface area contributed by atoms with Crippen molar-refractivity contribution >= 4 is 11.8 Å². The van der Waals surface area contributed by atoms with Crippen molar-refractivity contribution in [3.05, 3.63) is 0 Å². The number of hydrogen-bond donors (Lipinski definition) is 0. The van der Waals surface area contributed by atoms with Crippen molar-refractivity contribution in [1.29, 1.82) is 0 Å². The Kier molecular flexibility index (Phi) is 4.57. The van der Waals surface area contributed by atoms with Gasteiger partial charge >= 0.3 is 5.97 Å². The Bertz CT molecular complexity index is 319. The molecule has 0 spiro atoms. The Morgan fingerprint density at radius 2 is 1.72 bits per heavy atom. The fraction of sp³-hybridized carbons (Fsp3) is 0.867. The van der Waals surface area contributed by atoms with Crippen LogP contribution in [0.2, 0.25) is 0 Å². The Morgan fingerprint density at radius 3 is 2.17 bits per heavy atom. The molecule has 1 aliphatic rings. The summed E-state index contributed by atoms with van der Waals surface area (Å²) in [6.45, 7) is 9.95. The van der Waals surface area contributed by atoms with Gasteiger partial charge in [-0.2, -0.15) is 0 Å². The fourth-order valence-corrected chi connectivity index (χ4v) is 2.58. The summed E-state index contributed by atoms with van der Waals surface area (Å²) in [6.07, 6.45) is 3.91. The molecule has 1 rings (SSSR count). The molecule has 0 aromatic carbocycles. The Labute approximate surface area is 110 Å². The molecule has 3 heteroatoms. The van der Waals surface area contributed by atoms with Crippen LogP contribution in [0.5, 0.6) is 0 Å². The molecule has 0 heterocycles. The smallest absolute Gasteiger partial charge is 0.319 e. The topological polar surface area (TPSA) is 43.4 Å². The van der Waals surface area contributed by atoms with Gasteiger partial charge < -0.3 is 4.74 Å². The maximum absolute atomic E-state index is 12.4. The van der Waals surface area contributed by atoms with Gasteiger partial charge in [-0.05, 0) is 51.9 Å². The van der Waals surface area contributed by atoms with Crippen LogP contribution in [0.15, 0.2) is 0 Å². The van der Waals surface area contributed by atoms with Crippen molar-refractivity contribution in [3.8, 4) is 0 Å². The van der Waals surface area contributed by atoms with Crippen LogP contribution in [0.4, 0.5) is 0 Å². The Morgan fingerprint density at radius 1 is 1.22 bits per heavy atom. The summed E-state index contributed by atoms with van der Waals surface area (Å²) >= 11 is 0. The molecule has 0 N–H and O–H groups in total. The van der Waals surface area contributed by atoms with Gasteiger partial charge in [0.15, 0.2) is 5.78 Å². The highest BCUT2D eigenvalue weighted by Gasteiger charge is 2.43. The highest BCUT2D eigenvalue weighted by molar-refractivity contribution is 6.04. The van der Waals surface area contributed by atoms with Crippen LogP contribution >= 0.6 is 0 Å². The number of Topliss-reactive ketones (excluding diaryl/α,β-unsaturated/α-hetero) is 1. The minimum atomic E-state index is -0.998. The van der Waals surface area contributed by atoms with Gasteiger partial charge in [-0.1, -0.05) is 13.8 Å². The first kappa shape index (κ1) is 15.2. The van der Waals surface area contributed by atoms with Crippen molar-refractivity contribution in [2.75, 3.05) is 6.61 Å². The number of esters is 1. The van der Waals surface area contributed by atoms with Gasteiger partial charge in [0.2, 0.25) is 0 Å². The molecule has 0 unspecified atom stereocenters. The summed E-state index contributed by atoms with van der Waals surface area (Å²) in [6, 6.07) is 0. The number of rotatable bonds is 4. The van der Waals surface area contributed by atoms with E-state index in [1.54, 1.807) is 20.8 Å². The normalized spacial score (nSPS) is 20.5. The first-order valence-electron chi connectivity index (χ1n) is 6.92. The zero-order valence-electron chi connectivity index (χ0n) is 12.3. The van der Waals surface area contributed by atoms with Crippen LogP contribution in [-0.2, 0) is 14.3 Å². The van der Waals surface area contributed by atoms with E-state index in [2.05, 4.69) is 13.8 Å². The second-order valence-electron chi connectivity index (χ2n) is 6.65. The molecule has 0 atom stereocenters. The molecule has 3 nitrogen and oxygen atoms in total. The third-order valence-electron chi connectivity index (χ3n) is 4.11. The van der Waals surface area contributed by atoms with Gasteiger partial charge in [0.1, 0.15) is 5.41 Å². The summed E-state index contributed by atoms with van der Waals surface area (Å²) in [5, 5.41) is 0. The number of ether oxygens (including phenoxy) is 1. The third-order valence-corrected chi connectivity index (χ3v) is 4.11. The van der Waals surface area contributed by atoms with Crippen molar-refractivity contribution < 1.29 is 14.3 Å². The number of hydrogen-bond acceptors (Lipinski definition) is 3. The van der Waals surface area contributed by atoms with E-state index in [9.17, 15) is 9.59 Å². The minimum absolute atomic E-state index is 0.0254. The van der Waals surface area contributed by atoms with E-state index >= 15 is 0 Å². The molecule has 0 aromatic heterocycles. The lowest BCUT2D eigenvalue weighted by Crippen LogP contribution is -2.41. The lowest BCUT2D eigenvalue weighted by atomic mass is 9.68. The van der Waals surface area contributed by atoms with Crippen LogP contribution in [0.3, 0.4) is 0 Å². The summed E-state index contributed by atoms with van der Waals surface area (Å²) < 4.78 is 5.00. The zero-order valence-corrected chi connectivity index (χ0v) is 12.3. The molecule has 104 valence electrons. The van der Waals surface area contributed by atoms with E-state index in [1.807, 2.05) is 0 Å². The Hall–Kier alpha value is -0.860. The molecule has 0 aliphatic heterocycles. The predicted octanol–water partition coefficient (Wildman–Crippen LogP) is 3.36. The second-order valence-corrected chi connectivity index (χ2v) is 6.65. The van der Waals surface area contributed by atoms with Crippen molar-refractivity contribution in [2.24, 2.45) is 16.7 Å². The summed E-state index contributed by atoms with van der Waals surface area (Å²) in [7, 11) is 0. The first-order valence-corrected chi connectivity index (χ1v) is 6.92. The van der Waals surface area contributed by atoms with Crippen LogP contribution in [0.1, 0.15) is 60.3 Å². The van der Waals surface area contributed by atoms with E-state index < -0.39 is 5.41 Å². The van der Waals surface area contributed by atoms with Crippen LogP contribution in [0.25, 0.3) is 0 Å². The monoisotopic (exact) mass is 254 g/mol. The molecule has 0 radical (unpaired) electrons. The van der Waals surface area contributed by atoms with Crippen LogP contribution < -0.4 is 0 Å². The lowest BCUT2D eigenvalue weighted by molar-refractivity contribution is -0.159. The number of carbonyl (C=O) groups excluding carboxylic acids is 2. The third kappa shape index (κ3) is 3.33. The van der Waals surface area contributed by atoms with E-state index in [1.165, 1.54) is 0 Å². The fourth-order valence-electron chi connectivity index (χ4n) is 2.58. The van der Waals surface area contributed by atoms with Crippen molar-refractivity contribution in [1.82, 2.24) is 0 Å².